The van der Waals surface area contributed by atoms with E-state index in [2.05, 4.69) is 51.4 Å². The summed E-state index contributed by atoms with van der Waals surface area (Å²) in [6, 6.07) is 4.07. The molecule has 0 saturated carbocycles. The van der Waals surface area contributed by atoms with Crippen LogP contribution in [0.2, 0.25) is 0 Å². The van der Waals surface area contributed by atoms with E-state index in [1.165, 1.54) is 4.88 Å². The van der Waals surface area contributed by atoms with Crippen LogP contribution in [0.5, 0.6) is 0 Å². The summed E-state index contributed by atoms with van der Waals surface area (Å²) in [5.41, 5.74) is 1.11. The zero-order chi connectivity index (χ0) is 15.1. The molecule has 2 heterocycles. The average Bonchev–Trinajstić information content (AvgIpc) is 3.07. The fourth-order valence-electron chi connectivity index (χ4n) is 1.92. The first-order valence-electron chi connectivity index (χ1n) is 7.25. The van der Waals surface area contributed by atoms with Crippen LogP contribution in [0.25, 0.3) is 0 Å². The highest BCUT2D eigenvalue weighted by molar-refractivity contribution is 14.0. The molecule has 5 nitrogen and oxygen atoms in total. The van der Waals surface area contributed by atoms with Crippen LogP contribution >= 0.6 is 35.3 Å². The monoisotopic (exact) mass is 433 g/mol. The number of hydrogen-bond acceptors (Lipinski definition) is 3. The van der Waals surface area contributed by atoms with Crippen molar-refractivity contribution in [1.82, 2.24) is 20.2 Å². The lowest BCUT2D eigenvalue weighted by molar-refractivity contribution is 0.665. The Balaban J connectivity index is 0.00000242. The normalized spacial score (nSPS) is 11.1. The predicted octanol–water partition coefficient (Wildman–Crippen LogP) is 2.93. The van der Waals surface area contributed by atoms with Gasteiger partial charge in [0, 0.05) is 36.9 Å². The van der Waals surface area contributed by atoms with E-state index >= 15 is 0 Å². The van der Waals surface area contributed by atoms with Gasteiger partial charge in [0.15, 0.2) is 5.96 Å². The molecule has 22 heavy (non-hydrogen) atoms. The number of nitrogens with one attached hydrogen (secondary N) is 2. The average molecular weight is 433 g/mol. The fraction of sp³-hybridized carbons (Fsp3) is 0.467. The number of nitrogens with zero attached hydrogens (tertiary/aromatic N) is 3. The topological polar surface area (TPSA) is 54.2 Å². The van der Waals surface area contributed by atoms with Crippen molar-refractivity contribution < 1.29 is 0 Å². The van der Waals surface area contributed by atoms with Gasteiger partial charge in [0.25, 0.3) is 0 Å². The Morgan fingerprint density at radius 1 is 1.27 bits per heavy atom. The molecule has 0 aliphatic carbocycles. The summed E-state index contributed by atoms with van der Waals surface area (Å²) < 4.78 is 2.14. The second-order valence-electron chi connectivity index (χ2n) is 4.79. The van der Waals surface area contributed by atoms with Gasteiger partial charge in [-0.05, 0) is 32.9 Å². The van der Waals surface area contributed by atoms with Crippen LogP contribution < -0.4 is 10.6 Å². The van der Waals surface area contributed by atoms with Gasteiger partial charge in [-0.3, -0.25) is 0 Å². The molecule has 2 N–H and O–H groups in total. The molecule has 7 heteroatoms. The molecule has 0 aliphatic heterocycles. The maximum atomic E-state index is 4.59. The summed E-state index contributed by atoms with van der Waals surface area (Å²) in [5.74, 6) is 0.843. The van der Waals surface area contributed by atoms with Gasteiger partial charge < -0.3 is 15.2 Å². The zero-order valence-corrected chi connectivity index (χ0v) is 16.4. The van der Waals surface area contributed by atoms with Gasteiger partial charge in [-0.1, -0.05) is 0 Å². The molecule has 0 aliphatic rings. The van der Waals surface area contributed by atoms with Crippen molar-refractivity contribution in [3.05, 3.63) is 40.1 Å². The molecule has 0 aromatic carbocycles. The molecule has 2 aromatic heterocycles. The lowest BCUT2D eigenvalue weighted by Gasteiger charge is -2.11. The third-order valence-corrected chi connectivity index (χ3v) is 4.18. The van der Waals surface area contributed by atoms with Crippen LogP contribution in [-0.4, -0.2) is 28.6 Å². The standard InChI is InChI=1S/C15H23N5S.HI/c1-4-16-15(17-7-10-20-8-5-6-9-20)18-11-14-19-12(2)13(3)21-14;/h5-6,8-9H,4,7,10-11H2,1-3H3,(H2,16,17,18);1H. The maximum Gasteiger partial charge on any atom is 0.191 e. The molecular formula is C15H24IN5S. The van der Waals surface area contributed by atoms with E-state index in [0.29, 0.717) is 6.54 Å². The highest BCUT2D eigenvalue weighted by Gasteiger charge is 2.03. The molecule has 2 aromatic rings. The van der Waals surface area contributed by atoms with E-state index < -0.39 is 0 Å². The number of guanidine groups is 1. The van der Waals surface area contributed by atoms with Crippen LogP contribution in [-0.2, 0) is 13.1 Å². The molecule has 0 unspecified atom stereocenters. The highest BCUT2D eigenvalue weighted by atomic mass is 127. The van der Waals surface area contributed by atoms with Crippen LogP contribution in [0.15, 0.2) is 29.5 Å². The van der Waals surface area contributed by atoms with E-state index in [9.17, 15) is 0 Å². The number of hydrogen-bond donors (Lipinski definition) is 2. The molecular weight excluding hydrogens is 409 g/mol. The molecule has 2 rings (SSSR count). The first-order valence-corrected chi connectivity index (χ1v) is 8.06. The minimum absolute atomic E-state index is 0. The molecule has 0 atom stereocenters. The van der Waals surface area contributed by atoms with Crippen LogP contribution in [0, 0.1) is 13.8 Å². The Kier molecular flexibility index (Phi) is 8.47. The second-order valence-corrected chi connectivity index (χ2v) is 6.08. The number of aryl methyl sites for hydroxylation is 2. The lowest BCUT2D eigenvalue weighted by atomic mass is 10.4. The summed E-state index contributed by atoms with van der Waals surface area (Å²) in [4.78, 5) is 10.4. The fourth-order valence-corrected chi connectivity index (χ4v) is 2.78. The molecule has 0 bridgehead atoms. The Labute approximate surface area is 153 Å². The molecule has 0 amide bonds. The smallest absolute Gasteiger partial charge is 0.191 e. The minimum Gasteiger partial charge on any atom is -0.357 e. The third-order valence-electron chi connectivity index (χ3n) is 3.12. The molecule has 0 saturated heterocycles. The van der Waals surface area contributed by atoms with Crippen molar-refractivity contribution in [2.45, 2.75) is 33.9 Å². The van der Waals surface area contributed by atoms with Gasteiger partial charge in [0.2, 0.25) is 0 Å². The van der Waals surface area contributed by atoms with Gasteiger partial charge in [-0.2, -0.15) is 0 Å². The van der Waals surface area contributed by atoms with Crippen LogP contribution in [0.3, 0.4) is 0 Å². The van der Waals surface area contributed by atoms with Gasteiger partial charge in [-0.15, -0.1) is 35.3 Å². The summed E-state index contributed by atoms with van der Waals surface area (Å²) in [6.07, 6.45) is 4.12. The third kappa shape index (κ3) is 5.96. The number of thiazole rings is 1. The number of halogens is 1. The number of rotatable bonds is 6. The molecule has 0 fully saturated rings. The predicted molar refractivity (Wildman–Crippen MR) is 104 cm³/mol. The van der Waals surface area contributed by atoms with Gasteiger partial charge in [0.1, 0.15) is 5.01 Å². The maximum absolute atomic E-state index is 4.59. The SMILES string of the molecule is CCNC(=NCc1nc(C)c(C)s1)NCCn1cccc1.I. The van der Waals surface area contributed by atoms with E-state index in [0.717, 1.165) is 36.3 Å². The van der Waals surface area contributed by atoms with Crippen molar-refractivity contribution >= 4 is 41.3 Å². The highest BCUT2D eigenvalue weighted by Crippen LogP contribution is 2.16. The Morgan fingerprint density at radius 3 is 2.59 bits per heavy atom. The van der Waals surface area contributed by atoms with Crippen LogP contribution in [0.1, 0.15) is 22.5 Å². The van der Waals surface area contributed by atoms with Crippen molar-refractivity contribution in [3.63, 3.8) is 0 Å². The largest absolute Gasteiger partial charge is 0.357 e. The second kappa shape index (κ2) is 9.83. The summed E-state index contributed by atoms with van der Waals surface area (Å²) >= 11 is 1.72. The number of aromatic nitrogens is 2. The van der Waals surface area contributed by atoms with E-state index in [4.69, 9.17) is 0 Å². The van der Waals surface area contributed by atoms with Crippen molar-refractivity contribution in [3.8, 4) is 0 Å². The molecule has 0 radical (unpaired) electrons. The van der Waals surface area contributed by atoms with E-state index in [1.54, 1.807) is 11.3 Å². The number of aliphatic imine (C=N–C) groups is 1. The lowest BCUT2D eigenvalue weighted by Crippen LogP contribution is -2.38. The van der Waals surface area contributed by atoms with E-state index in [-0.39, 0.29) is 24.0 Å². The van der Waals surface area contributed by atoms with E-state index in [1.807, 2.05) is 19.1 Å². The summed E-state index contributed by atoms with van der Waals surface area (Å²) in [7, 11) is 0. The first kappa shape index (κ1) is 19.0. The first-order chi connectivity index (χ1) is 10.2. The quantitative estimate of drug-likeness (QED) is 0.419. The van der Waals surface area contributed by atoms with Crippen LogP contribution in [0.4, 0.5) is 0 Å². The van der Waals surface area contributed by atoms with Gasteiger partial charge >= 0.3 is 0 Å². The zero-order valence-electron chi connectivity index (χ0n) is 13.3. The van der Waals surface area contributed by atoms with Crippen molar-refractivity contribution in [2.24, 2.45) is 4.99 Å². The molecule has 122 valence electrons. The summed E-state index contributed by atoms with van der Waals surface area (Å²) in [6.45, 7) is 9.45. The van der Waals surface area contributed by atoms with Crippen molar-refractivity contribution in [1.29, 1.82) is 0 Å². The Morgan fingerprint density at radius 2 is 2.00 bits per heavy atom. The Bertz CT molecular complexity index is 557. The Hall–Kier alpha value is -1.09. The minimum atomic E-state index is 0. The molecule has 0 spiro atoms. The summed E-state index contributed by atoms with van der Waals surface area (Å²) in [5, 5.41) is 7.67. The van der Waals surface area contributed by atoms with Crippen molar-refractivity contribution in [2.75, 3.05) is 13.1 Å². The van der Waals surface area contributed by atoms with Gasteiger partial charge in [0.05, 0.1) is 12.2 Å². The van der Waals surface area contributed by atoms with Gasteiger partial charge in [-0.25, -0.2) is 9.98 Å².